The maximum atomic E-state index is 12.4. The molecule has 7 heteroatoms. The van der Waals surface area contributed by atoms with E-state index in [-0.39, 0.29) is 12.6 Å². The van der Waals surface area contributed by atoms with Crippen molar-refractivity contribution in [1.82, 2.24) is 20.2 Å². The van der Waals surface area contributed by atoms with Crippen LogP contribution in [-0.4, -0.2) is 26.2 Å². The summed E-state index contributed by atoms with van der Waals surface area (Å²) in [4.78, 5) is 13.7. The lowest BCUT2D eigenvalue weighted by Crippen LogP contribution is -2.23. The van der Waals surface area contributed by atoms with Gasteiger partial charge in [0, 0.05) is 10.6 Å². The number of hydrogen-bond donors (Lipinski definition) is 0. The van der Waals surface area contributed by atoms with Gasteiger partial charge in [0.1, 0.15) is 6.61 Å². The van der Waals surface area contributed by atoms with Crippen molar-refractivity contribution in [1.29, 1.82) is 0 Å². The van der Waals surface area contributed by atoms with Crippen molar-refractivity contribution in [3.8, 4) is 11.4 Å². The van der Waals surface area contributed by atoms with Crippen LogP contribution in [-0.2, 0) is 16.1 Å². The molecule has 0 unspecified atom stereocenters. The minimum absolute atomic E-state index is 0.217. The molecule has 25 heavy (non-hydrogen) atoms. The van der Waals surface area contributed by atoms with Gasteiger partial charge in [-0.05, 0) is 41.5 Å². The van der Waals surface area contributed by atoms with Gasteiger partial charge in [0.25, 0.3) is 0 Å². The number of halogens is 1. The second-order valence-corrected chi connectivity index (χ2v) is 5.89. The fraction of sp³-hybridized carbons (Fsp3) is 0.222. The van der Waals surface area contributed by atoms with Gasteiger partial charge in [0.2, 0.25) is 5.82 Å². The van der Waals surface area contributed by atoms with Gasteiger partial charge in [-0.1, -0.05) is 48.9 Å². The number of carbonyl (C=O) groups excluding carboxylic acids is 1. The Morgan fingerprint density at radius 1 is 1.16 bits per heavy atom. The van der Waals surface area contributed by atoms with Gasteiger partial charge in [0.05, 0.1) is 0 Å². The molecular formula is C18H17ClN4O2. The number of carbonyl (C=O) groups is 1. The van der Waals surface area contributed by atoms with Crippen LogP contribution < -0.4 is 0 Å². The molecule has 0 aliphatic rings. The molecular weight excluding hydrogens is 340 g/mol. The van der Waals surface area contributed by atoms with Gasteiger partial charge in [-0.2, -0.15) is 0 Å². The number of benzene rings is 2. The lowest BCUT2D eigenvalue weighted by Gasteiger charge is -2.12. The average molecular weight is 357 g/mol. The van der Waals surface area contributed by atoms with E-state index in [0.29, 0.717) is 17.3 Å². The summed E-state index contributed by atoms with van der Waals surface area (Å²) in [5.74, 6) is 0.0531. The zero-order chi connectivity index (χ0) is 17.6. The number of tetrazole rings is 1. The lowest BCUT2D eigenvalue weighted by molar-refractivity contribution is -0.149. The van der Waals surface area contributed by atoms with Crippen molar-refractivity contribution in [3.63, 3.8) is 0 Å². The molecule has 0 fully saturated rings. The summed E-state index contributed by atoms with van der Waals surface area (Å²) in [6, 6.07) is 16.0. The third kappa shape index (κ3) is 4.22. The summed E-state index contributed by atoms with van der Waals surface area (Å²) >= 11 is 5.88. The third-order valence-electron chi connectivity index (χ3n) is 3.69. The van der Waals surface area contributed by atoms with Crippen LogP contribution in [0, 0.1) is 0 Å². The predicted molar refractivity (Wildman–Crippen MR) is 93.8 cm³/mol. The molecule has 0 bridgehead atoms. The fourth-order valence-corrected chi connectivity index (χ4v) is 2.45. The third-order valence-corrected chi connectivity index (χ3v) is 3.94. The Labute approximate surface area is 150 Å². The van der Waals surface area contributed by atoms with Gasteiger partial charge in [0.15, 0.2) is 6.04 Å². The molecule has 3 rings (SSSR count). The van der Waals surface area contributed by atoms with E-state index in [9.17, 15) is 4.79 Å². The summed E-state index contributed by atoms with van der Waals surface area (Å²) in [6.45, 7) is 2.09. The zero-order valence-corrected chi connectivity index (χ0v) is 14.4. The van der Waals surface area contributed by atoms with Gasteiger partial charge < -0.3 is 4.74 Å². The molecule has 6 nitrogen and oxygen atoms in total. The predicted octanol–water partition coefficient (Wildman–Crippen LogP) is 3.69. The van der Waals surface area contributed by atoms with Crippen LogP contribution in [0.1, 0.15) is 24.9 Å². The Bertz CT molecular complexity index is 834. The molecule has 128 valence electrons. The van der Waals surface area contributed by atoms with Gasteiger partial charge >= 0.3 is 5.97 Å². The molecule has 1 atom stereocenters. The van der Waals surface area contributed by atoms with E-state index in [1.165, 1.54) is 4.80 Å². The molecule has 0 saturated heterocycles. The quantitative estimate of drug-likeness (QED) is 0.630. The average Bonchev–Trinajstić information content (AvgIpc) is 3.12. The molecule has 0 aliphatic heterocycles. The summed E-state index contributed by atoms with van der Waals surface area (Å²) in [5.41, 5.74) is 1.71. The van der Waals surface area contributed by atoms with Crippen molar-refractivity contribution in [2.24, 2.45) is 0 Å². The Morgan fingerprint density at radius 2 is 1.88 bits per heavy atom. The first-order chi connectivity index (χ1) is 12.2. The molecule has 0 aliphatic carbocycles. The van der Waals surface area contributed by atoms with Crippen LogP contribution in [0.2, 0.25) is 5.02 Å². The van der Waals surface area contributed by atoms with E-state index < -0.39 is 6.04 Å². The first kappa shape index (κ1) is 17.1. The van der Waals surface area contributed by atoms with Crippen LogP contribution >= 0.6 is 11.6 Å². The van der Waals surface area contributed by atoms with Crippen LogP contribution in [0.15, 0.2) is 54.6 Å². The van der Waals surface area contributed by atoms with E-state index in [4.69, 9.17) is 16.3 Å². The van der Waals surface area contributed by atoms with Crippen molar-refractivity contribution in [2.75, 3.05) is 0 Å². The standard InChI is InChI=1S/C18H17ClN4O2/c1-2-16(18(24)25-12-13-6-4-3-5-7-13)23-21-17(20-22-23)14-8-10-15(19)11-9-14/h3-11,16H,2,12H2,1H3/t16-/m1/s1. The van der Waals surface area contributed by atoms with E-state index in [1.807, 2.05) is 37.3 Å². The number of aromatic nitrogens is 4. The second-order valence-electron chi connectivity index (χ2n) is 5.46. The normalized spacial score (nSPS) is 11.9. The maximum absolute atomic E-state index is 12.4. The molecule has 1 aromatic heterocycles. The van der Waals surface area contributed by atoms with E-state index >= 15 is 0 Å². The first-order valence-electron chi connectivity index (χ1n) is 7.93. The van der Waals surface area contributed by atoms with Crippen LogP contribution in [0.4, 0.5) is 0 Å². The molecule has 0 spiro atoms. The lowest BCUT2D eigenvalue weighted by atomic mass is 10.2. The summed E-state index contributed by atoms with van der Waals surface area (Å²) in [6.07, 6.45) is 0.504. The van der Waals surface area contributed by atoms with Crippen molar-refractivity contribution in [3.05, 3.63) is 65.2 Å². The molecule has 2 aromatic carbocycles. The number of nitrogens with zero attached hydrogens (tertiary/aromatic N) is 4. The van der Waals surface area contributed by atoms with Crippen LogP contribution in [0.3, 0.4) is 0 Å². The summed E-state index contributed by atoms with van der Waals surface area (Å²) in [7, 11) is 0. The summed E-state index contributed by atoms with van der Waals surface area (Å²) in [5, 5.41) is 13.0. The van der Waals surface area contributed by atoms with Gasteiger partial charge in [-0.3, -0.25) is 0 Å². The molecule has 1 heterocycles. The Balaban J connectivity index is 1.70. The highest BCUT2D eigenvalue weighted by Gasteiger charge is 2.23. The SMILES string of the molecule is CC[C@H](C(=O)OCc1ccccc1)n1nnc(-c2ccc(Cl)cc2)n1. The highest BCUT2D eigenvalue weighted by molar-refractivity contribution is 6.30. The summed E-state index contributed by atoms with van der Waals surface area (Å²) < 4.78 is 5.38. The van der Waals surface area contributed by atoms with E-state index in [1.54, 1.807) is 24.3 Å². The van der Waals surface area contributed by atoms with Gasteiger partial charge in [-0.15, -0.1) is 15.0 Å². The number of esters is 1. The molecule has 3 aromatic rings. The second kappa shape index (κ2) is 7.90. The molecule has 0 saturated carbocycles. The topological polar surface area (TPSA) is 69.9 Å². The Hall–Kier alpha value is -2.73. The van der Waals surface area contributed by atoms with Gasteiger partial charge in [-0.25, -0.2) is 4.79 Å². The van der Waals surface area contributed by atoms with E-state index in [0.717, 1.165) is 11.1 Å². The smallest absolute Gasteiger partial charge is 0.333 e. The molecule has 0 N–H and O–H groups in total. The zero-order valence-electron chi connectivity index (χ0n) is 13.7. The van der Waals surface area contributed by atoms with Crippen molar-refractivity contribution in [2.45, 2.75) is 26.0 Å². The number of rotatable bonds is 6. The van der Waals surface area contributed by atoms with Crippen LogP contribution in [0.5, 0.6) is 0 Å². The maximum Gasteiger partial charge on any atom is 0.333 e. The van der Waals surface area contributed by atoms with Crippen molar-refractivity contribution >= 4 is 17.6 Å². The number of ether oxygens (including phenoxy) is 1. The number of hydrogen-bond acceptors (Lipinski definition) is 5. The highest BCUT2D eigenvalue weighted by Crippen LogP contribution is 2.19. The Morgan fingerprint density at radius 3 is 2.56 bits per heavy atom. The minimum atomic E-state index is -0.614. The first-order valence-corrected chi connectivity index (χ1v) is 8.31. The van der Waals surface area contributed by atoms with Crippen LogP contribution in [0.25, 0.3) is 11.4 Å². The minimum Gasteiger partial charge on any atom is -0.459 e. The molecule has 0 amide bonds. The largest absolute Gasteiger partial charge is 0.459 e. The Kier molecular flexibility index (Phi) is 5.40. The fourth-order valence-electron chi connectivity index (χ4n) is 2.32. The monoisotopic (exact) mass is 356 g/mol. The van der Waals surface area contributed by atoms with E-state index in [2.05, 4.69) is 15.4 Å². The van der Waals surface area contributed by atoms with Crippen molar-refractivity contribution < 1.29 is 9.53 Å². The molecule has 0 radical (unpaired) electrons. The highest BCUT2D eigenvalue weighted by atomic mass is 35.5.